The zero-order valence-electron chi connectivity index (χ0n) is 6.23. The molecule has 0 saturated heterocycles. The standard InChI is InChI=1S/C4H10O4S.Na/c1-3(5)4(2)9(6,7)8;/h3-5H,1-2H3,(H,6,7,8);/q;+1/p-1. The Morgan fingerprint density at radius 2 is 1.70 bits per heavy atom. The van der Waals surface area contributed by atoms with Crippen molar-refractivity contribution in [2.75, 3.05) is 0 Å². The van der Waals surface area contributed by atoms with E-state index < -0.39 is 21.5 Å². The molecule has 0 aromatic heterocycles. The molecule has 0 heterocycles. The molecule has 0 amide bonds. The van der Waals surface area contributed by atoms with Crippen molar-refractivity contribution in [1.82, 2.24) is 0 Å². The number of aliphatic hydroxyl groups is 1. The summed E-state index contributed by atoms with van der Waals surface area (Å²) in [7, 11) is -4.30. The fourth-order valence-corrected chi connectivity index (χ4v) is 0.724. The molecule has 4 nitrogen and oxygen atoms in total. The Bertz CT molecular complexity index is 174. The van der Waals surface area contributed by atoms with Crippen molar-refractivity contribution in [3.05, 3.63) is 0 Å². The molecule has 0 radical (unpaired) electrons. The Balaban J connectivity index is 0. The minimum Gasteiger partial charge on any atom is -0.748 e. The number of aliphatic hydroxyl groups excluding tert-OH is 1. The average Bonchev–Trinajstić information content (AvgIpc) is 1.62. The van der Waals surface area contributed by atoms with Crippen LogP contribution in [-0.4, -0.2) is 29.4 Å². The fourth-order valence-electron chi connectivity index (χ4n) is 0.241. The predicted octanol–water partition coefficient (Wildman–Crippen LogP) is -3.70. The van der Waals surface area contributed by atoms with Gasteiger partial charge in [0.05, 0.1) is 21.5 Å². The van der Waals surface area contributed by atoms with Crippen LogP contribution in [0.5, 0.6) is 0 Å². The monoisotopic (exact) mass is 176 g/mol. The summed E-state index contributed by atoms with van der Waals surface area (Å²) in [5, 5.41) is 7.37. The molecule has 2 atom stereocenters. The first-order valence-corrected chi connectivity index (χ1v) is 3.95. The van der Waals surface area contributed by atoms with Crippen molar-refractivity contribution in [1.29, 1.82) is 0 Å². The number of hydrogen-bond acceptors (Lipinski definition) is 4. The average molecular weight is 176 g/mol. The van der Waals surface area contributed by atoms with E-state index in [-0.39, 0.29) is 29.6 Å². The molecule has 0 aliphatic carbocycles. The summed E-state index contributed by atoms with van der Waals surface area (Å²) in [6, 6.07) is 0. The zero-order valence-corrected chi connectivity index (χ0v) is 9.05. The zero-order chi connectivity index (χ0) is 7.65. The molecule has 0 fully saturated rings. The maximum Gasteiger partial charge on any atom is 1.00 e. The molecule has 0 aromatic rings. The van der Waals surface area contributed by atoms with E-state index in [1.54, 1.807) is 0 Å². The van der Waals surface area contributed by atoms with Gasteiger partial charge in [-0.05, 0) is 13.8 Å². The van der Waals surface area contributed by atoms with E-state index >= 15 is 0 Å². The van der Waals surface area contributed by atoms with Crippen molar-refractivity contribution >= 4 is 10.1 Å². The van der Waals surface area contributed by atoms with Gasteiger partial charge in [-0.25, -0.2) is 8.42 Å². The van der Waals surface area contributed by atoms with Crippen molar-refractivity contribution < 1.29 is 47.6 Å². The van der Waals surface area contributed by atoms with Gasteiger partial charge >= 0.3 is 29.6 Å². The van der Waals surface area contributed by atoms with Crippen molar-refractivity contribution in [3.8, 4) is 0 Å². The van der Waals surface area contributed by atoms with Gasteiger partial charge in [0.1, 0.15) is 0 Å². The van der Waals surface area contributed by atoms with Gasteiger partial charge in [0.25, 0.3) is 0 Å². The molecule has 0 spiro atoms. The SMILES string of the molecule is CC(O)C(C)S(=O)(=O)[O-].[Na+]. The normalized spacial score (nSPS) is 17.2. The molecule has 56 valence electrons. The van der Waals surface area contributed by atoms with Crippen molar-refractivity contribution in [3.63, 3.8) is 0 Å². The first-order chi connectivity index (χ1) is 3.85. The Labute approximate surface area is 82.7 Å². The summed E-state index contributed by atoms with van der Waals surface area (Å²) in [5.41, 5.74) is 0. The van der Waals surface area contributed by atoms with Gasteiger partial charge in [0, 0.05) is 0 Å². The van der Waals surface area contributed by atoms with Gasteiger partial charge in [0.2, 0.25) is 0 Å². The topological polar surface area (TPSA) is 77.4 Å². The molecule has 1 N–H and O–H groups in total. The van der Waals surface area contributed by atoms with Crippen LogP contribution in [0.4, 0.5) is 0 Å². The van der Waals surface area contributed by atoms with Crippen LogP contribution in [-0.2, 0) is 10.1 Å². The first-order valence-electron chi connectivity index (χ1n) is 2.48. The smallest absolute Gasteiger partial charge is 0.748 e. The Morgan fingerprint density at radius 3 is 1.70 bits per heavy atom. The third-order valence-electron chi connectivity index (χ3n) is 1.13. The summed E-state index contributed by atoms with van der Waals surface area (Å²) in [6.45, 7) is 2.44. The molecule has 0 rings (SSSR count). The maximum absolute atomic E-state index is 10.1. The van der Waals surface area contributed by atoms with Gasteiger partial charge in [-0.3, -0.25) is 0 Å². The predicted molar refractivity (Wildman–Crippen MR) is 30.8 cm³/mol. The number of hydrogen-bond donors (Lipinski definition) is 1. The van der Waals surface area contributed by atoms with Crippen LogP contribution in [0.2, 0.25) is 0 Å². The Hall–Kier alpha value is 0.870. The van der Waals surface area contributed by atoms with E-state index in [0.717, 1.165) is 0 Å². The van der Waals surface area contributed by atoms with Crippen LogP contribution in [0.1, 0.15) is 13.8 Å². The van der Waals surface area contributed by atoms with Gasteiger partial charge in [-0.2, -0.15) is 0 Å². The molecule has 0 bridgehead atoms. The molecule has 0 aliphatic heterocycles. The molecular formula is C4H9NaO4S. The minimum absolute atomic E-state index is 0. The van der Waals surface area contributed by atoms with E-state index in [1.165, 1.54) is 13.8 Å². The fraction of sp³-hybridized carbons (Fsp3) is 1.00. The second kappa shape index (κ2) is 4.69. The molecule has 10 heavy (non-hydrogen) atoms. The third kappa shape index (κ3) is 4.65. The first kappa shape index (κ1) is 13.5. The number of rotatable bonds is 2. The second-order valence-electron chi connectivity index (χ2n) is 1.94. The summed E-state index contributed by atoms with van der Waals surface area (Å²) in [6.07, 6.45) is -1.09. The van der Waals surface area contributed by atoms with Crippen LogP contribution in [0.15, 0.2) is 0 Å². The second-order valence-corrected chi connectivity index (χ2v) is 3.67. The molecule has 0 aliphatic rings. The molecule has 6 heteroatoms. The van der Waals surface area contributed by atoms with Crippen molar-refractivity contribution in [2.24, 2.45) is 0 Å². The van der Waals surface area contributed by atoms with Gasteiger partial charge < -0.3 is 9.66 Å². The summed E-state index contributed by atoms with van der Waals surface area (Å²) >= 11 is 0. The van der Waals surface area contributed by atoms with Gasteiger partial charge in [-0.15, -0.1) is 0 Å². The van der Waals surface area contributed by atoms with Crippen LogP contribution < -0.4 is 29.6 Å². The summed E-state index contributed by atoms with van der Waals surface area (Å²) in [4.78, 5) is 0. The van der Waals surface area contributed by atoms with E-state index in [0.29, 0.717) is 0 Å². The molecular weight excluding hydrogens is 167 g/mol. The summed E-state index contributed by atoms with van der Waals surface area (Å²) in [5.74, 6) is 0. The Morgan fingerprint density at radius 1 is 1.40 bits per heavy atom. The Kier molecular flexibility index (Phi) is 6.31. The molecule has 2 unspecified atom stereocenters. The van der Waals surface area contributed by atoms with E-state index in [2.05, 4.69) is 0 Å². The van der Waals surface area contributed by atoms with E-state index in [9.17, 15) is 13.0 Å². The third-order valence-corrected chi connectivity index (χ3v) is 2.44. The minimum atomic E-state index is -4.30. The van der Waals surface area contributed by atoms with E-state index in [4.69, 9.17) is 5.11 Å². The van der Waals surface area contributed by atoms with Crippen LogP contribution in [0.3, 0.4) is 0 Å². The van der Waals surface area contributed by atoms with Crippen LogP contribution >= 0.6 is 0 Å². The van der Waals surface area contributed by atoms with Crippen LogP contribution in [0, 0.1) is 0 Å². The van der Waals surface area contributed by atoms with Crippen molar-refractivity contribution in [2.45, 2.75) is 25.2 Å². The van der Waals surface area contributed by atoms with Gasteiger partial charge in [-0.1, -0.05) is 0 Å². The van der Waals surface area contributed by atoms with E-state index in [1.807, 2.05) is 0 Å². The quantitative estimate of drug-likeness (QED) is 0.347. The summed E-state index contributed by atoms with van der Waals surface area (Å²) < 4.78 is 30.2. The molecule has 0 aromatic carbocycles. The largest absolute Gasteiger partial charge is 1.00 e. The van der Waals surface area contributed by atoms with Crippen LogP contribution in [0.25, 0.3) is 0 Å². The van der Waals surface area contributed by atoms with Gasteiger partial charge in [0.15, 0.2) is 0 Å². The molecule has 0 saturated carbocycles. The maximum atomic E-state index is 10.1.